The summed E-state index contributed by atoms with van der Waals surface area (Å²) in [5.41, 5.74) is 7.16. The summed E-state index contributed by atoms with van der Waals surface area (Å²) >= 11 is 0. The Balaban J connectivity index is 2.03. The van der Waals surface area contributed by atoms with Crippen LogP contribution in [0.5, 0.6) is 0 Å². The van der Waals surface area contributed by atoms with Crippen molar-refractivity contribution in [3.63, 3.8) is 0 Å². The maximum Gasteiger partial charge on any atom is 0.181 e. The number of fused-ring (bicyclic) bond motifs is 1. The normalized spacial score (nSPS) is 33.4. The quantitative estimate of drug-likeness (QED) is 0.399. The summed E-state index contributed by atoms with van der Waals surface area (Å²) in [5, 5.41) is 46.7. The number of nitrogens with zero attached hydrogens (tertiary/aromatic N) is 3. The second kappa shape index (κ2) is 5.20. The number of anilines is 1. The highest BCUT2D eigenvalue weighted by atomic mass is 16.6. The lowest BCUT2D eigenvalue weighted by Gasteiger charge is -2.39. The van der Waals surface area contributed by atoms with Gasteiger partial charge >= 0.3 is 0 Å². The van der Waals surface area contributed by atoms with Crippen molar-refractivity contribution >= 4 is 16.7 Å². The number of rotatable bonds is 2. The molecule has 5 atom stereocenters. The number of nitrogens with two attached hydrogens (primary N) is 1. The van der Waals surface area contributed by atoms with Crippen molar-refractivity contribution in [2.45, 2.75) is 30.6 Å². The van der Waals surface area contributed by atoms with E-state index >= 15 is 0 Å². The van der Waals surface area contributed by atoms with Crippen LogP contribution in [0.25, 0.3) is 11.0 Å². The minimum atomic E-state index is -1.47. The Bertz CT molecular complexity index is 646. The average molecular weight is 296 g/mol. The molecule has 1 fully saturated rings. The summed E-state index contributed by atoms with van der Waals surface area (Å²) in [6, 6.07) is 5.04. The molecule has 0 radical (unpaired) electrons. The first-order valence-corrected chi connectivity index (χ1v) is 6.44. The SMILES string of the molecule is Nc1cccc2c1nnn2[C@@H]1O[C@@H](CO)[C@H](O)[C@@H](O)[C@H]1O. The van der Waals surface area contributed by atoms with Gasteiger partial charge in [0, 0.05) is 0 Å². The number of ether oxygens (including phenoxy) is 1. The van der Waals surface area contributed by atoms with Crippen LogP contribution in [0, 0.1) is 0 Å². The van der Waals surface area contributed by atoms with Gasteiger partial charge in [-0.1, -0.05) is 11.3 Å². The molecular weight excluding hydrogens is 280 g/mol. The fraction of sp³-hybridized carbons (Fsp3) is 0.500. The molecule has 114 valence electrons. The number of hydrogen-bond acceptors (Lipinski definition) is 8. The minimum absolute atomic E-state index is 0.420. The Morgan fingerprint density at radius 2 is 1.95 bits per heavy atom. The maximum atomic E-state index is 10.1. The number of aromatic nitrogens is 3. The number of nitrogen functional groups attached to an aromatic ring is 1. The summed E-state index contributed by atoms with van der Waals surface area (Å²) in [5.74, 6) is 0. The third-order valence-corrected chi connectivity index (χ3v) is 3.64. The first-order chi connectivity index (χ1) is 10.0. The van der Waals surface area contributed by atoms with E-state index in [4.69, 9.17) is 10.5 Å². The molecule has 2 heterocycles. The molecule has 1 aromatic heterocycles. The molecule has 6 N–H and O–H groups in total. The summed E-state index contributed by atoms with van der Waals surface area (Å²) < 4.78 is 6.70. The zero-order valence-electron chi connectivity index (χ0n) is 10.9. The van der Waals surface area contributed by atoms with Gasteiger partial charge in [-0.25, -0.2) is 4.68 Å². The lowest BCUT2D eigenvalue weighted by atomic mass is 9.98. The van der Waals surface area contributed by atoms with Gasteiger partial charge in [0.05, 0.1) is 17.8 Å². The third kappa shape index (κ3) is 2.15. The van der Waals surface area contributed by atoms with E-state index < -0.39 is 37.3 Å². The predicted octanol–water partition coefficient (Wildman–Crippen LogP) is -2.01. The summed E-state index contributed by atoms with van der Waals surface area (Å²) in [6.07, 6.45) is -6.41. The molecule has 1 aromatic carbocycles. The standard InChI is InChI=1S/C12H16N4O5/c13-5-2-1-3-6-8(5)14-15-16(6)12-11(20)10(19)9(18)7(4-17)21-12/h1-3,7,9-12,17-20H,4,13H2/t7-,9-,10+,11+,12+/m0/s1. The molecule has 0 amide bonds. The van der Waals surface area contributed by atoms with Gasteiger partial charge in [-0.15, -0.1) is 5.10 Å². The maximum absolute atomic E-state index is 10.1. The van der Waals surface area contributed by atoms with Crippen molar-refractivity contribution in [3.05, 3.63) is 18.2 Å². The topological polar surface area (TPSA) is 147 Å². The Morgan fingerprint density at radius 1 is 1.19 bits per heavy atom. The van der Waals surface area contributed by atoms with Gasteiger partial charge < -0.3 is 30.9 Å². The molecule has 1 aliphatic rings. The average Bonchev–Trinajstić information content (AvgIpc) is 2.91. The van der Waals surface area contributed by atoms with E-state index in [9.17, 15) is 20.4 Å². The lowest BCUT2D eigenvalue weighted by Crippen LogP contribution is -2.56. The largest absolute Gasteiger partial charge is 0.397 e. The number of hydrogen-bond donors (Lipinski definition) is 5. The molecule has 9 nitrogen and oxygen atoms in total. The van der Waals surface area contributed by atoms with Crippen LogP contribution in [-0.2, 0) is 4.74 Å². The highest BCUT2D eigenvalue weighted by Gasteiger charge is 2.45. The van der Waals surface area contributed by atoms with Crippen LogP contribution >= 0.6 is 0 Å². The van der Waals surface area contributed by atoms with Crippen molar-refractivity contribution < 1.29 is 25.2 Å². The van der Waals surface area contributed by atoms with Crippen molar-refractivity contribution in [1.82, 2.24) is 15.0 Å². The van der Waals surface area contributed by atoms with Crippen molar-refractivity contribution in [1.29, 1.82) is 0 Å². The molecule has 1 saturated heterocycles. The summed E-state index contributed by atoms with van der Waals surface area (Å²) in [4.78, 5) is 0. The van der Waals surface area contributed by atoms with E-state index in [1.165, 1.54) is 4.68 Å². The van der Waals surface area contributed by atoms with Gasteiger partial charge in [0.2, 0.25) is 0 Å². The molecule has 0 saturated carbocycles. The molecule has 9 heteroatoms. The molecule has 0 unspecified atom stereocenters. The third-order valence-electron chi connectivity index (χ3n) is 3.64. The molecule has 0 spiro atoms. The van der Waals surface area contributed by atoms with Gasteiger partial charge in [0.15, 0.2) is 6.23 Å². The van der Waals surface area contributed by atoms with Crippen LogP contribution in [0.15, 0.2) is 18.2 Å². The highest BCUT2D eigenvalue weighted by molar-refractivity contribution is 5.86. The number of aliphatic hydroxyl groups is 4. The highest BCUT2D eigenvalue weighted by Crippen LogP contribution is 2.30. The second-order valence-corrected chi connectivity index (χ2v) is 4.97. The van der Waals surface area contributed by atoms with Gasteiger partial charge in [0.1, 0.15) is 29.9 Å². The zero-order valence-corrected chi connectivity index (χ0v) is 10.9. The van der Waals surface area contributed by atoms with E-state index in [0.717, 1.165) is 0 Å². The van der Waals surface area contributed by atoms with Crippen LogP contribution in [0.3, 0.4) is 0 Å². The van der Waals surface area contributed by atoms with Crippen LogP contribution in [0.4, 0.5) is 5.69 Å². The Labute approximate surface area is 119 Å². The molecule has 3 rings (SSSR count). The fourth-order valence-corrected chi connectivity index (χ4v) is 2.46. The van der Waals surface area contributed by atoms with E-state index in [1.54, 1.807) is 18.2 Å². The van der Waals surface area contributed by atoms with Crippen molar-refractivity contribution in [2.24, 2.45) is 0 Å². The molecule has 21 heavy (non-hydrogen) atoms. The van der Waals surface area contributed by atoms with E-state index in [-0.39, 0.29) is 0 Å². The first kappa shape index (κ1) is 14.2. The molecule has 2 aromatic rings. The lowest BCUT2D eigenvalue weighted by molar-refractivity contribution is -0.253. The van der Waals surface area contributed by atoms with Gasteiger partial charge in [-0.3, -0.25) is 0 Å². The van der Waals surface area contributed by atoms with E-state index in [1.807, 2.05) is 0 Å². The van der Waals surface area contributed by atoms with Gasteiger partial charge in [-0.05, 0) is 12.1 Å². The van der Waals surface area contributed by atoms with Crippen LogP contribution in [-0.4, -0.2) is 66.4 Å². The Hall–Kier alpha value is -1.78. The molecule has 1 aliphatic heterocycles. The van der Waals surface area contributed by atoms with Crippen LogP contribution < -0.4 is 5.73 Å². The second-order valence-electron chi connectivity index (χ2n) is 4.97. The van der Waals surface area contributed by atoms with Crippen LogP contribution in [0.1, 0.15) is 6.23 Å². The Kier molecular flexibility index (Phi) is 3.51. The van der Waals surface area contributed by atoms with Crippen molar-refractivity contribution in [3.8, 4) is 0 Å². The van der Waals surface area contributed by atoms with Gasteiger partial charge in [0.25, 0.3) is 0 Å². The monoisotopic (exact) mass is 296 g/mol. The molecule has 0 aliphatic carbocycles. The van der Waals surface area contributed by atoms with E-state index in [2.05, 4.69) is 10.3 Å². The number of aliphatic hydroxyl groups excluding tert-OH is 4. The zero-order chi connectivity index (χ0) is 15.1. The van der Waals surface area contributed by atoms with Crippen LogP contribution in [0.2, 0.25) is 0 Å². The smallest absolute Gasteiger partial charge is 0.181 e. The first-order valence-electron chi connectivity index (χ1n) is 6.44. The summed E-state index contributed by atoms with van der Waals surface area (Å²) in [6.45, 7) is -0.504. The predicted molar refractivity (Wildman–Crippen MR) is 71.0 cm³/mol. The Morgan fingerprint density at radius 3 is 2.67 bits per heavy atom. The number of benzene rings is 1. The van der Waals surface area contributed by atoms with E-state index in [0.29, 0.717) is 16.7 Å². The van der Waals surface area contributed by atoms with Gasteiger partial charge in [-0.2, -0.15) is 0 Å². The van der Waals surface area contributed by atoms with Crippen molar-refractivity contribution in [2.75, 3.05) is 12.3 Å². The summed E-state index contributed by atoms with van der Waals surface area (Å²) in [7, 11) is 0. The fourth-order valence-electron chi connectivity index (χ4n) is 2.46. The molecular formula is C12H16N4O5. The minimum Gasteiger partial charge on any atom is -0.397 e. The molecule has 0 bridgehead atoms.